The Hall–Kier alpha value is -2.12. The Bertz CT molecular complexity index is 1020. The Morgan fingerprint density at radius 1 is 1.40 bits per heavy atom. The van der Waals surface area contributed by atoms with E-state index < -0.39 is 0 Å². The Morgan fingerprint density at radius 2 is 2.17 bits per heavy atom. The molecule has 0 fully saturated rings. The highest BCUT2D eigenvalue weighted by Crippen LogP contribution is 2.51. The number of aromatic nitrogens is 3. The van der Waals surface area contributed by atoms with Crippen molar-refractivity contribution in [2.24, 2.45) is 7.05 Å². The van der Waals surface area contributed by atoms with Crippen LogP contribution in [-0.2, 0) is 13.6 Å². The van der Waals surface area contributed by atoms with Gasteiger partial charge in [-0.05, 0) is 18.9 Å². The molecular weight excluding hydrogens is 418 g/mol. The lowest BCUT2D eigenvalue weighted by molar-refractivity contribution is 0.112. The summed E-state index contributed by atoms with van der Waals surface area (Å²) in [5, 5.41) is 4.96. The third-order valence-corrected chi connectivity index (χ3v) is 7.51. The van der Waals surface area contributed by atoms with Gasteiger partial charge in [-0.15, -0.1) is 23.4 Å². The minimum absolute atomic E-state index is 0.157. The van der Waals surface area contributed by atoms with Crippen molar-refractivity contribution in [3.05, 3.63) is 47.6 Å². The number of carbonyl (C=O) groups is 1. The van der Waals surface area contributed by atoms with Gasteiger partial charge >= 0.3 is 0 Å². The third kappa shape index (κ3) is 3.48. The van der Waals surface area contributed by atoms with Crippen molar-refractivity contribution in [2.75, 3.05) is 31.8 Å². The van der Waals surface area contributed by atoms with Gasteiger partial charge in [0.2, 0.25) is 0 Å². The summed E-state index contributed by atoms with van der Waals surface area (Å²) in [5.41, 5.74) is 5.80. The first-order chi connectivity index (χ1) is 14.3. The highest BCUT2D eigenvalue weighted by atomic mass is 35.5. The Morgan fingerprint density at radius 3 is 2.73 bits per heavy atom. The maximum Gasteiger partial charge on any atom is 0.154 e. The van der Waals surface area contributed by atoms with E-state index in [2.05, 4.69) is 22.3 Å². The minimum atomic E-state index is 0.157. The molecule has 2 aromatic heterocycles. The average Bonchev–Trinajstić information content (AvgIpc) is 3.42. The second kappa shape index (κ2) is 8.19. The van der Waals surface area contributed by atoms with Crippen molar-refractivity contribution in [3.8, 4) is 11.4 Å². The van der Waals surface area contributed by atoms with Crippen molar-refractivity contribution in [2.45, 2.75) is 30.0 Å². The highest BCUT2D eigenvalue weighted by molar-refractivity contribution is 7.99. The van der Waals surface area contributed by atoms with Crippen molar-refractivity contribution in [3.63, 3.8) is 0 Å². The van der Waals surface area contributed by atoms with Crippen LogP contribution in [0.2, 0.25) is 0 Å². The van der Waals surface area contributed by atoms with E-state index in [-0.39, 0.29) is 10.6 Å². The zero-order chi connectivity index (χ0) is 21.6. The number of rotatable bonds is 6. The van der Waals surface area contributed by atoms with Gasteiger partial charge in [-0.1, -0.05) is 18.2 Å². The first-order valence-corrected chi connectivity index (χ1v) is 11.6. The van der Waals surface area contributed by atoms with Gasteiger partial charge < -0.3 is 14.4 Å². The lowest BCUT2D eigenvalue weighted by atomic mass is 10.1. The molecule has 30 heavy (non-hydrogen) atoms. The molecule has 2 unspecified atom stereocenters. The topological polar surface area (TPSA) is 46.3 Å². The summed E-state index contributed by atoms with van der Waals surface area (Å²) >= 11 is 8.37. The first kappa shape index (κ1) is 21.1. The van der Waals surface area contributed by atoms with E-state index in [0.717, 1.165) is 60.0 Å². The van der Waals surface area contributed by atoms with Gasteiger partial charge in [0.25, 0.3) is 0 Å². The van der Waals surface area contributed by atoms with Gasteiger partial charge in [0.1, 0.15) is 11.5 Å². The van der Waals surface area contributed by atoms with E-state index >= 15 is 0 Å². The molecule has 2 atom stereocenters. The van der Waals surface area contributed by atoms with E-state index in [1.807, 2.05) is 62.0 Å². The number of anilines is 1. The molecule has 0 aromatic carbocycles. The quantitative estimate of drug-likeness (QED) is 0.377. The normalized spacial score (nSPS) is 20.6. The van der Waals surface area contributed by atoms with Crippen molar-refractivity contribution < 1.29 is 4.79 Å². The molecule has 8 heteroatoms. The SMILES string of the molecule is C=C(N(C)C)N(C)c1c(C=O)c(-c2ccn(C)n2)n2c1C(C1=CCC(Cl)C1)SCC2. The third-order valence-electron chi connectivity index (χ3n) is 5.90. The van der Waals surface area contributed by atoms with Gasteiger partial charge in [0.15, 0.2) is 6.29 Å². The molecule has 160 valence electrons. The van der Waals surface area contributed by atoms with Crippen molar-refractivity contribution in [1.29, 1.82) is 0 Å². The van der Waals surface area contributed by atoms with E-state index in [1.54, 1.807) is 4.68 Å². The van der Waals surface area contributed by atoms with E-state index in [9.17, 15) is 4.79 Å². The number of aldehydes is 1. The predicted molar refractivity (Wildman–Crippen MR) is 125 cm³/mol. The number of nitrogens with zero attached hydrogens (tertiary/aromatic N) is 5. The van der Waals surface area contributed by atoms with E-state index in [4.69, 9.17) is 11.6 Å². The molecule has 0 amide bonds. The van der Waals surface area contributed by atoms with Gasteiger partial charge in [0, 0.05) is 52.1 Å². The molecule has 0 saturated carbocycles. The monoisotopic (exact) mass is 445 g/mol. The Labute approximate surface area is 187 Å². The molecule has 4 rings (SSSR count). The molecule has 2 aliphatic rings. The van der Waals surface area contributed by atoms with Gasteiger partial charge in [-0.25, -0.2) is 0 Å². The number of thioether (sulfide) groups is 1. The Balaban J connectivity index is 1.97. The van der Waals surface area contributed by atoms with Crippen LogP contribution in [0.3, 0.4) is 0 Å². The molecule has 3 heterocycles. The fourth-order valence-electron chi connectivity index (χ4n) is 4.39. The van der Waals surface area contributed by atoms with Crippen LogP contribution in [0.15, 0.2) is 36.3 Å². The fraction of sp³-hybridized carbons (Fsp3) is 0.455. The second-order valence-electron chi connectivity index (χ2n) is 8.08. The molecule has 0 radical (unpaired) electrons. The summed E-state index contributed by atoms with van der Waals surface area (Å²) in [6, 6.07) is 1.97. The first-order valence-electron chi connectivity index (χ1n) is 10.1. The summed E-state index contributed by atoms with van der Waals surface area (Å²) in [5.74, 6) is 1.80. The maximum absolute atomic E-state index is 12.5. The summed E-state index contributed by atoms with van der Waals surface area (Å²) in [4.78, 5) is 16.5. The molecule has 2 aromatic rings. The van der Waals surface area contributed by atoms with E-state index in [1.165, 1.54) is 5.57 Å². The highest BCUT2D eigenvalue weighted by Gasteiger charge is 2.37. The number of halogens is 1. The van der Waals surface area contributed by atoms with Crippen LogP contribution in [0.4, 0.5) is 5.69 Å². The second-order valence-corrected chi connectivity index (χ2v) is 9.91. The largest absolute Gasteiger partial charge is 0.365 e. The molecule has 0 bridgehead atoms. The van der Waals surface area contributed by atoms with Crippen molar-refractivity contribution in [1.82, 2.24) is 19.2 Å². The van der Waals surface area contributed by atoms with Crippen LogP contribution in [-0.4, -0.2) is 57.8 Å². The van der Waals surface area contributed by atoms with Crippen LogP contribution < -0.4 is 4.90 Å². The van der Waals surface area contributed by atoms with E-state index in [0.29, 0.717) is 5.56 Å². The summed E-state index contributed by atoms with van der Waals surface area (Å²) < 4.78 is 4.07. The van der Waals surface area contributed by atoms with Crippen molar-refractivity contribution >= 4 is 35.3 Å². The molecule has 0 saturated heterocycles. The average molecular weight is 446 g/mol. The lowest BCUT2D eigenvalue weighted by Gasteiger charge is -2.32. The van der Waals surface area contributed by atoms with Gasteiger partial charge in [-0.3, -0.25) is 9.48 Å². The molecule has 1 aliphatic heterocycles. The number of fused-ring (bicyclic) bond motifs is 1. The summed E-state index contributed by atoms with van der Waals surface area (Å²) in [6.45, 7) is 5.08. The standard InChI is InChI=1S/C22H28ClN5OS/c1-14(25(2)3)27(5)20-17(13-29)19(18-8-9-26(4)24-18)28-10-11-30-22(21(20)28)15-6-7-16(23)12-15/h6,8-9,13,16,22H,1,7,10-12H2,2-5H3. The summed E-state index contributed by atoms with van der Waals surface area (Å²) in [6.07, 6.45) is 6.96. The maximum atomic E-state index is 12.5. The van der Waals surface area contributed by atoms with Crippen LogP contribution in [0, 0.1) is 0 Å². The lowest BCUT2D eigenvalue weighted by Crippen LogP contribution is -2.29. The number of carbonyl (C=O) groups excluding carboxylic acids is 1. The van der Waals surface area contributed by atoms with Gasteiger partial charge in [-0.2, -0.15) is 5.10 Å². The number of hydrogen-bond acceptors (Lipinski definition) is 5. The number of aryl methyl sites for hydroxylation is 1. The molecule has 6 nitrogen and oxygen atoms in total. The molecule has 0 N–H and O–H groups in total. The van der Waals surface area contributed by atoms with Gasteiger partial charge in [0.05, 0.1) is 27.9 Å². The summed E-state index contributed by atoms with van der Waals surface area (Å²) in [7, 11) is 7.81. The van der Waals surface area contributed by atoms with Crippen LogP contribution in [0.1, 0.15) is 34.1 Å². The fourth-order valence-corrected chi connectivity index (χ4v) is 5.99. The van der Waals surface area contributed by atoms with Crippen LogP contribution in [0.5, 0.6) is 0 Å². The Kier molecular flexibility index (Phi) is 5.77. The molecular formula is C22H28ClN5OS. The predicted octanol–water partition coefficient (Wildman–Crippen LogP) is 4.29. The molecule has 1 aliphatic carbocycles. The molecule has 0 spiro atoms. The minimum Gasteiger partial charge on any atom is -0.365 e. The van der Waals surface area contributed by atoms with Crippen LogP contribution in [0.25, 0.3) is 11.4 Å². The zero-order valence-corrected chi connectivity index (χ0v) is 19.5. The number of alkyl halides is 1. The number of hydrogen-bond donors (Lipinski definition) is 0. The number of allylic oxidation sites excluding steroid dienone is 1. The van der Waals surface area contributed by atoms with Crippen LogP contribution >= 0.6 is 23.4 Å². The smallest absolute Gasteiger partial charge is 0.154 e. The zero-order valence-electron chi connectivity index (χ0n) is 17.9.